The van der Waals surface area contributed by atoms with E-state index in [0.717, 1.165) is 25.7 Å². The fourth-order valence-electron chi connectivity index (χ4n) is 2.28. The maximum Gasteiger partial charge on any atom is 0.223 e. The van der Waals surface area contributed by atoms with Crippen LogP contribution in [-0.4, -0.2) is 29.2 Å². The first-order valence-corrected chi connectivity index (χ1v) is 6.76. The third-order valence-electron chi connectivity index (χ3n) is 4.05. The molecule has 0 aromatic carbocycles. The maximum atomic E-state index is 11.9. The van der Waals surface area contributed by atoms with Crippen LogP contribution in [0, 0.1) is 5.92 Å². The van der Waals surface area contributed by atoms with Crippen LogP contribution in [0.15, 0.2) is 0 Å². The molecule has 1 fully saturated rings. The molecule has 100 valence electrons. The van der Waals surface area contributed by atoms with Crippen LogP contribution in [0.25, 0.3) is 0 Å². The third kappa shape index (κ3) is 4.28. The summed E-state index contributed by atoms with van der Waals surface area (Å²) >= 11 is 0. The predicted octanol–water partition coefficient (Wildman–Crippen LogP) is 1.17. The molecule has 0 aromatic heterocycles. The van der Waals surface area contributed by atoms with Gasteiger partial charge in [0.1, 0.15) is 0 Å². The molecule has 4 N–H and O–H groups in total. The lowest BCUT2D eigenvalue weighted by molar-refractivity contribution is -0.127. The third-order valence-corrected chi connectivity index (χ3v) is 4.05. The molecule has 1 aliphatic rings. The van der Waals surface area contributed by atoms with Crippen LogP contribution in [0.4, 0.5) is 0 Å². The van der Waals surface area contributed by atoms with E-state index in [1.54, 1.807) is 0 Å². The van der Waals surface area contributed by atoms with E-state index in [1.165, 1.54) is 0 Å². The molecule has 0 atom stereocenters. The number of hydrogen-bond donors (Lipinski definition) is 3. The van der Waals surface area contributed by atoms with Crippen molar-refractivity contribution >= 4 is 5.91 Å². The number of nitrogens with two attached hydrogens (primary N) is 1. The largest absolute Gasteiger partial charge is 0.388 e. The van der Waals surface area contributed by atoms with Crippen molar-refractivity contribution in [3.05, 3.63) is 0 Å². The van der Waals surface area contributed by atoms with Crippen LogP contribution in [0.3, 0.4) is 0 Å². The summed E-state index contributed by atoms with van der Waals surface area (Å²) in [5.41, 5.74) is 5.06. The second-order valence-electron chi connectivity index (χ2n) is 5.26. The van der Waals surface area contributed by atoms with Gasteiger partial charge in [-0.15, -0.1) is 0 Å². The van der Waals surface area contributed by atoms with Crippen molar-refractivity contribution in [2.24, 2.45) is 11.7 Å². The summed E-state index contributed by atoms with van der Waals surface area (Å²) in [5, 5.41) is 13.0. The summed E-state index contributed by atoms with van der Waals surface area (Å²) in [5.74, 6) is 0.171. The monoisotopic (exact) mass is 242 g/mol. The lowest BCUT2D eigenvalue weighted by Gasteiger charge is -2.29. The van der Waals surface area contributed by atoms with Crippen molar-refractivity contribution in [1.82, 2.24) is 5.32 Å². The fourth-order valence-corrected chi connectivity index (χ4v) is 2.28. The lowest BCUT2D eigenvalue weighted by Crippen LogP contribution is -2.45. The average Bonchev–Trinajstić information content (AvgIpc) is 2.36. The number of aliphatic hydroxyl groups is 1. The van der Waals surface area contributed by atoms with Crippen molar-refractivity contribution < 1.29 is 9.90 Å². The zero-order chi connectivity index (χ0) is 12.9. The summed E-state index contributed by atoms with van der Waals surface area (Å²) < 4.78 is 0. The van der Waals surface area contributed by atoms with Gasteiger partial charge in [-0.1, -0.05) is 13.8 Å². The minimum Gasteiger partial charge on any atom is -0.388 e. The highest BCUT2D eigenvalue weighted by Gasteiger charge is 2.27. The number of hydrogen-bond acceptors (Lipinski definition) is 3. The van der Waals surface area contributed by atoms with Crippen LogP contribution in [0.2, 0.25) is 0 Å². The van der Waals surface area contributed by atoms with Crippen molar-refractivity contribution in [3.8, 4) is 0 Å². The highest BCUT2D eigenvalue weighted by Crippen LogP contribution is 2.23. The van der Waals surface area contributed by atoms with E-state index in [1.807, 2.05) is 13.8 Å². The summed E-state index contributed by atoms with van der Waals surface area (Å²) in [4.78, 5) is 11.9. The van der Waals surface area contributed by atoms with Crippen LogP contribution in [0.1, 0.15) is 52.4 Å². The Morgan fingerprint density at radius 3 is 2.29 bits per heavy atom. The van der Waals surface area contributed by atoms with Gasteiger partial charge < -0.3 is 16.2 Å². The molecular formula is C13H26N2O2. The molecule has 0 unspecified atom stereocenters. The fraction of sp³-hybridized carbons (Fsp3) is 0.923. The standard InChI is InChI=1S/C13H26N2O2/c1-3-13(17,4-2)9-15-12(16)10-5-7-11(14)8-6-10/h10-11,17H,3-9,14H2,1-2H3,(H,15,16). The molecular weight excluding hydrogens is 216 g/mol. The summed E-state index contributed by atoms with van der Waals surface area (Å²) in [6.45, 7) is 4.24. The van der Waals surface area contributed by atoms with Gasteiger partial charge in [-0.2, -0.15) is 0 Å². The van der Waals surface area contributed by atoms with E-state index < -0.39 is 5.60 Å². The molecule has 1 amide bonds. The highest BCUT2D eigenvalue weighted by molar-refractivity contribution is 5.78. The van der Waals surface area contributed by atoms with Gasteiger partial charge in [0, 0.05) is 18.5 Å². The van der Waals surface area contributed by atoms with Gasteiger partial charge in [-0.25, -0.2) is 0 Å². The van der Waals surface area contributed by atoms with Crippen LogP contribution >= 0.6 is 0 Å². The normalized spacial score (nSPS) is 25.6. The topological polar surface area (TPSA) is 75.3 Å². The molecule has 1 saturated carbocycles. The maximum absolute atomic E-state index is 11.9. The Labute approximate surface area is 104 Å². The van der Waals surface area contributed by atoms with Crippen molar-refractivity contribution in [3.63, 3.8) is 0 Å². The summed E-state index contributed by atoms with van der Waals surface area (Å²) in [6, 6.07) is 0.266. The van der Waals surface area contributed by atoms with Crippen molar-refractivity contribution in [2.45, 2.75) is 64.0 Å². The van der Waals surface area contributed by atoms with Crippen molar-refractivity contribution in [2.75, 3.05) is 6.54 Å². The molecule has 0 aliphatic heterocycles. The molecule has 0 radical (unpaired) electrons. The molecule has 0 saturated heterocycles. The van der Waals surface area contributed by atoms with Gasteiger partial charge in [0.25, 0.3) is 0 Å². The first-order chi connectivity index (χ1) is 8.00. The number of rotatable bonds is 5. The Balaban J connectivity index is 2.34. The molecule has 4 heteroatoms. The number of carbonyl (C=O) groups is 1. The second-order valence-corrected chi connectivity index (χ2v) is 5.26. The first-order valence-electron chi connectivity index (χ1n) is 6.76. The molecule has 0 spiro atoms. The molecule has 0 aromatic rings. The van der Waals surface area contributed by atoms with E-state index >= 15 is 0 Å². The molecule has 17 heavy (non-hydrogen) atoms. The Morgan fingerprint density at radius 1 is 1.29 bits per heavy atom. The highest BCUT2D eigenvalue weighted by atomic mass is 16.3. The van der Waals surface area contributed by atoms with E-state index in [2.05, 4.69) is 5.32 Å². The van der Waals surface area contributed by atoms with Gasteiger partial charge >= 0.3 is 0 Å². The number of amides is 1. The zero-order valence-electron chi connectivity index (χ0n) is 11.0. The second kappa shape index (κ2) is 6.36. The van der Waals surface area contributed by atoms with Gasteiger partial charge in [0.05, 0.1) is 5.60 Å². The predicted molar refractivity (Wildman–Crippen MR) is 68.5 cm³/mol. The van der Waals surface area contributed by atoms with E-state index in [4.69, 9.17) is 5.73 Å². The van der Waals surface area contributed by atoms with Crippen molar-refractivity contribution in [1.29, 1.82) is 0 Å². The molecule has 1 rings (SSSR count). The van der Waals surface area contributed by atoms with Gasteiger partial charge in [-0.3, -0.25) is 4.79 Å². The van der Waals surface area contributed by atoms with Crippen LogP contribution in [0.5, 0.6) is 0 Å². The van der Waals surface area contributed by atoms with Crippen LogP contribution < -0.4 is 11.1 Å². The first kappa shape index (κ1) is 14.5. The number of carbonyl (C=O) groups excluding carboxylic acids is 1. The smallest absolute Gasteiger partial charge is 0.223 e. The Bertz CT molecular complexity index is 244. The Kier molecular flexibility index (Phi) is 5.40. The zero-order valence-corrected chi connectivity index (χ0v) is 11.0. The molecule has 1 aliphatic carbocycles. The summed E-state index contributed by atoms with van der Waals surface area (Å²) in [7, 11) is 0. The Hall–Kier alpha value is -0.610. The summed E-state index contributed by atoms with van der Waals surface area (Å²) in [6.07, 6.45) is 4.96. The van der Waals surface area contributed by atoms with Crippen LogP contribution in [-0.2, 0) is 4.79 Å². The molecule has 0 bridgehead atoms. The lowest BCUT2D eigenvalue weighted by atomic mass is 9.85. The SMILES string of the molecule is CCC(O)(CC)CNC(=O)C1CCC(N)CC1. The average molecular weight is 242 g/mol. The Morgan fingerprint density at radius 2 is 1.82 bits per heavy atom. The minimum atomic E-state index is -0.749. The molecule has 0 heterocycles. The van der Waals surface area contributed by atoms with E-state index in [9.17, 15) is 9.90 Å². The van der Waals surface area contributed by atoms with E-state index in [0.29, 0.717) is 19.4 Å². The molecule has 4 nitrogen and oxygen atoms in total. The van der Waals surface area contributed by atoms with E-state index in [-0.39, 0.29) is 17.9 Å². The number of nitrogens with one attached hydrogen (secondary N) is 1. The van der Waals surface area contributed by atoms with Gasteiger partial charge in [0.2, 0.25) is 5.91 Å². The van der Waals surface area contributed by atoms with Gasteiger partial charge in [0.15, 0.2) is 0 Å². The minimum absolute atomic E-state index is 0.0808. The van der Waals surface area contributed by atoms with Gasteiger partial charge in [-0.05, 0) is 38.5 Å². The quantitative estimate of drug-likeness (QED) is 0.677.